The maximum atomic E-state index is 3.62. The van der Waals surface area contributed by atoms with Crippen molar-refractivity contribution in [1.29, 1.82) is 0 Å². The van der Waals surface area contributed by atoms with Gasteiger partial charge in [0.15, 0.2) is 0 Å². The normalized spacial score (nSPS) is 15.2. The molecule has 0 spiro atoms. The Hall–Kier alpha value is -0.0400. The van der Waals surface area contributed by atoms with Gasteiger partial charge in [-0.1, -0.05) is 41.5 Å². The highest BCUT2D eigenvalue weighted by Gasteiger charge is 2.25. The Morgan fingerprint density at radius 2 is 1.67 bits per heavy atom. The Morgan fingerprint density at radius 1 is 1.17 bits per heavy atom. The second-order valence-corrected chi connectivity index (χ2v) is 4.62. The monoisotopic (exact) mass is 171 g/mol. The molecule has 12 heavy (non-hydrogen) atoms. The molecule has 1 unspecified atom stereocenters. The number of hydrogen-bond acceptors (Lipinski definition) is 1. The quantitative estimate of drug-likeness (QED) is 0.670. The molecule has 0 saturated carbocycles. The fourth-order valence-electron chi connectivity index (χ4n) is 1.54. The molecule has 0 heterocycles. The van der Waals surface area contributed by atoms with Gasteiger partial charge in [0.25, 0.3) is 0 Å². The van der Waals surface area contributed by atoms with Gasteiger partial charge in [-0.25, -0.2) is 0 Å². The van der Waals surface area contributed by atoms with E-state index in [1.165, 1.54) is 12.8 Å². The van der Waals surface area contributed by atoms with Crippen LogP contribution >= 0.6 is 0 Å². The molecule has 1 heteroatoms. The molecule has 74 valence electrons. The van der Waals surface area contributed by atoms with Gasteiger partial charge in [0.2, 0.25) is 0 Å². The van der Waals surface area contributed by atoms with E-state index in [1.807, 2.05) is 0 Å². The van der Waals surface area contributed by atoms with Gasteiger partial charge >= 0.3 is 0 Å². The maximum Gasteiger partial charge on any atom is 0.0118 e. The van der Waals surface area contributed by atoms with Crippen molar-refractivity contribution in [3.8, 4) is 0 Å². The SMILES string of the molecule is CCC(NC(C)C)C(C)(C)CC. The summed E-state index contributed by atoms with van der Waals surface area (Å²) in [5.74, 6) is 0. The third-order valence-electron chi connectivity index (χ3n) is 2.80. The van der Waals surface area contributed by atoms with Gasteiger partial charge in [0.05, 0.1) is 0 Å². The van der Waals surface area contributed by atoms with Crippen LogP contribution in [-0.2, 0) is 0 Å². The minimum Gasteiger partial charge on any atom is -0.311 e. The third kappa shape index (κ3) is 3.57. The molecule has 0 aliphatic rings. The topological polar surface area (TPSA) is 12.0 Å². The highest BCUT2D eigenvalue weighted by Crippen LogP contribution is 2.26. The molecule has 0 aliphatic heterocycles. The zero-order chi connectivity index (χ0) is 9.78. The van der Waals surface area contributed by atoms with Crippen LogP contribution in [0.25, 0.3) is 0 Å². The van der Waals surface area contributed by atoms with Gasteiger partial charge in [-0.3, -0.25) is 0 Å². The molecule has 0 aromatic heterocycles. The molecule has 0 rings (SSSR count). The van der Waals surface area contributed by atoms with Gasteiger partial charge < -0.3 is 5.32 Å². The molecule has 0 saturated heterocycles. The van der Waals surface area contributed by atoms with Crippen LogP contribution in [0.4, 0.5) is 0 Å². The summed E-state index contributed by atoms with van der Waals surface area (Å²) >= 11 is 0. The molecule has 0 aliphatic carbocycles. The van der Waals surface area contributed by atoms with E-state index in [-0.39, 0.29) is 0 Å². The van der Waals surface area contributed by atoms with E-state index >= 15 is 0 Å². The van der Waals surface area contributed by atoms with Crippen molar-refractivity contribution < 1.29 is 0 Å². The second-order valence-electron chi connectivity index (χ2n) is 4.62. The molecular weight excluding hydrogens is 146 g/mol. The van der Waals surface area contributed by atoms with Gasteiger partial charge in [-0.15, -0.1) is 0 Å². The predicted octanol–water partition coefficient (Wildman–Crippen LogP) is 3.20. The highest BCUT2D eigenvalue weighted by molar-refractivity contribution is 4.82. The molecule has 1 N–H and O–H groups in total. The fraction of sp³-hybridized carbons (Fsp3) is 1.00. The number of rotatable bonds is 5. The Labute approximate surface area is 77.9 Å². The van der Waals surface area contributed by atoms with Gasteiger partial charge in [0, 0.05) is 12.1 Å². The average molecular weight is 171 g/mol. The summed E-state index contributed by atoms with van der Waals surface area (Å²) in [6.45, 7) is 13.7. The van der Waals surface area contributed by atoms with Crippen LogP contribution in [0, 0.1) is 5.41 Å². The number of nitrogens with one attached hydrogen (secondary N) is 1. The van der Waals surface area contributed by atoms with Crippen molar-refractivity contribution >= 4 is 0 Å². The Morgan fingerprint density at radius 3 is 1.92 bits per heavy atom. The van der Waals surface area contributed by atoms with Crippen molar-refractivity contribution in [3.63, 3.8) is 0 Å². The summed E-state index contributed by atoms with van der Waals surface area (Å²) in [5.41, 5.74) is 0.430. The fourth-order valence-corrected chi connectivity index (χ4v) is 1.54. The summed E-state index contributed by atoms with van der Waals surface area (Å²) in [6.07, 6.45) is 2.46. The lowest BCUT2D eigenvalue weighted by Crippen LogP contribution is -2.44. The van der Waals surface area contributed by atoms with Crippen molar-refractivity contribution in [3.05, 3.63) is 0 Å². The molecule has 0 fully saturated rings. The summed E-state index contributed by atoms with van der Waals surface area (Å²) in [5, 5.41) is 3.62. The first kappa shape index (κ1) is 12.0. The van der Waals surface area contributed by atoms with Crippen molar-refractivity contribution in [2.45, 2.75) is 66.5 Å². The van der Waals surface area contributed by atoms with E-state index in [4.69, 9.17) is 0 Å². The van der Waals surface area contributed by atoms with E-state index in [9.17, 15) is 0 Å². The summed E-state index contributed by atoms with van der Waals surface area (Å²) < 4.78 is 0. The van der Waals surface area contributed by atoms with Crippen LogP contribution in [0.1, 0.15) is 54.4 Å². The first-order chi connectivity index (χ1) is 5.44. The van der Waals surface area contributed by atoms with E-state index in [0.29, 0.717) is 17.5 Å². The lowest BCUT2D eigenvalue weighted by Gasteiger charge is -2.35. The van der Waals surface area contributed by atoms with Crippen molar-refractivity contribution in [2.75, 3.05) is 0 Å². The predicted molar refractivity (Wildman–Crippen MR) is 56.4 cm³/mol. The molecule has 0 bridgehead atoms. The van der Waals surface area contributed by atoms with E-state index in [1.54, 1.807) is 0 Å². The van der Waals surface area contributed by atoms with Crippen LogP contribution in [0.5, 0.6) is 0 Å². The first-order valence-corrected chi connectivity index (χ1v) is 5.20. The molecule has 0 aromatic carbocycles. The second kappa shape index (κ2) is 4.86. The molecule has 1 nitrogen and oxygen atoms in total. The number of hydrogen-bond donors (Lipinski definition) is 1. The van der Waals surface area contributed by atoms with Crippen LogP contribution in [0.3, 0.4) is 0 Å². The Balaban J connectivity index is 4.13. The third-order valence-corrected chi connectivity index (χ3v) is 2.80. The zero-order valence-corrected chi connectivity index (χ0v) is 9.57. The van der Waals surface area contributed by atoms with Crippen molar-refractivity contribution in [1.82, 2.24) is 5.32 Å². The molecule has 0 radical (unpaired) electrons. The van der Waals surface area contributed by atoms with Crippen LogP contribution in [0.15, 0.2) is 0 Å². The minimum absolute atomic E-state index is 0.430. The Kier molecular flexibility index (Phi) is 4.84. The van der Waals surface area contributed by atoms with Crippen LogP contribution in [0.2, 0.25) is 0 Å². The van der Waals surface area contributed by atoms with Gasteiger partial charge in [-0.05, 0) is 18.3 Å². The van der Waals surface area contributed by atoms with E-state index < -0.39 is 0 Å². The molecular formula is C11H25N. The van der Waals surface area contributed by atoms with Crippen LogP contribution in [-0.4, -0.2) is 12.1 Å². The first-order valence-electron chi connectivity index (χ1n) is 5.20. The van der Waals surface area contributed by atoms with Crippen LogP contribution < -0.4 is 5.32 Å². The zero-order valence-electron chi connectivity index (χ0n) is 9.57. The molecule has 1 atom stereocenters. The maximum absolute atomic E-state index is 3.62. The smallest absolute Gasteiger partial charge is 0.0118 e. The summed E-state index contributed by atoms with van der Waals surface area (Å²) in [6, 6.07) is 1.25. The Bertz CT molecular complexity index is 116. The lowest BCUT2D eigenvalue weighted by atomic mass is 9.80. The van der Waals surface area contributed by atoms with Gasteiger partial charge in [0.1, 0.15) is 0 Å². The lowest BCUT2D eigenvalue weighted by molar-refractivity contribution is 0.214. The molecule has 0 amide bonds. The minimum atomic E-state index is 0.430. The highest BCUT2D eigenvalue weighted by atomic mass is 14.9. The van der Waals surface area contributed by atoms with E-state index in [0.717, 1.165) is 0 Å². The van der Waals surface area contributed by atoms with Gasteiger partial charge in [-0.2, -0.15) is 0 Å². The average Bonchev–Trinajstić information content (AvgIpc) is 1.99. The summed E-state index contributed by atoms with van der Waals surface area (Å²) in [7, 11) is 0. The largest absolute Gasteiger partial charge is 0.311 e. The standard InChI is InChI=1S/C11H25N/c1-7-10(12-9(3)4)11(5,6)8-2/h9-10,12H,7-8H2,1-6H3. The summed E-state index contributed by atoms with van der Waals surface area (Å²) in [4.78, 5) is 0. The molecule has 0 aromatic rings. The van der Waals surface area contributed by atoms with E-state index in [2.05, 4.69) is 46.9 Å². The van der Waals surface area contributed by atoms with Crippen molar-refractivity contribution in [2.24, 2.45) is 5.41 Å².